The van der Waals surface area contributed by atoms with Gasteiger partial charge in [-0.3, -0.25) is 0 Å². The van der Waals surface area contributed by atoms with Gasteiger partial charge >= 0.3 is 0 Å². The summed E-state index contributed by atoms with van der Waals surface area (Å²) >= 11 is 0. The number of guanidine groups is 1. The highest BCUT2D eigenvalue weighted by Gasteiger charge is 2.22. The lowest BCUT2D eigenvalue weighted by atomic mass is 10.3. The predicted molar refractivity (Wildman–Crippen MR) is 96.4 cm³/mol. The molecular formula is C15H25IN4O. The van der Waals surface area contributed by atoms with Crippen molar-refractivity contribution in [1.29, 1.82) is 0 Å². The lowest BCUT2D eigenvalue weighted by Crippen LogP contribution is -2.36. The summed E-state index contributed by atoms with van der Waals surface area (Å²) in [6.45, 7) is 7.25. The van der Waals surface area contributed by atoms with Crippen molar-refractivity contribution in [3.8, 4) is 5.88 Å². The molecule has 0 saturated heterocycles. The van der Waals surface area contributed by atoms with Crippen LogP contribution in [0.25, 0.3) is 0 Å². The van der Waals surface area contributed by atoms with Crippen molar-refractivity contribution >= 4 is 29.9 Å². The first kappa shape index (κ1) is 18.0. The van der Waals surface area contributed by atoms with Gasteiger partial charge in [0, 0.05) is 25.4 Å². The number of rotatable bonds is 7. The number of nitrogens with one attached hydrogen (secondary N) is 2. The molecule has 21 heavy (non-hydrogen) atoms. The summed E-state index contributed by atoms with van der Waals surface area (Å²) in [4.78, 5) is 8.77. The van der Waals surface area contributed by atoms with E-state index in [4.69, 9.17) is 4.74 Å². The number of pyridine rings is 1. The zero-order valence-corrected chi connectivity index (χ0v) is 15.1. The van der Waals surface area contributed by atoms with Crippen LogP contribution in [0.1, 0.15) is 32.3 Å². The van der Waals surface area contributed by atoms with Gasteiger partial charge in [0.25, 0.3) is 0 Å². The molecule has 1 aliphatic rings. The third-order valence-electron chi connectivity index (χ3n) is 3.07. The molecule has 0 aliphatic heterocycles. The van der Waals surface area contributed by atoms with Crippen LogP contribution in [0, 0.1) is 5.92 Å². The van der Waals surface area contributed by atoms with Crippen molar-refractivity contribution in [3.05, 3.63) is 23.9 Å². The molecule has 0 unspecified atom stereocenters. The van der Waals surface area contributed by atoms with Crippen molar-refractivity contribution in [2.24, 2.45) is 10.9 Å². The second-order valence-corrected chi connectivity index (χ2v) is 4.98. The van der Waals surface area contributed by atoms with Crippen LogP contribution >= 0.6 is 24.0 Å². The quantitative estimate of drug-likeness (QED) is 0.417. The molecule has 1 aromatic rings. The molecular weight excluding hydrogens is 379 g/mol. The summed E-state index contributed by atoms with van der Waals surface area (Å²) in [7, 11) is 0. The molecule has 1 aromatic heterocycles. The maximum atomic E-state index is 5.68. The van der Waals surface area contributed by atoms with Crippen LogP contribution in [0.3, 0.4) is 0 Å². The largest absolute Gasteiger partial charge is 0.477 e. The normalized spacial score (nSPS) is 13.0. The maximum Gasteiger partial charge on any atom is 0.213 e. The zero-order chi connectivity index (χ0) is 14.2. The Morgan fingerprint density at radius 3 is 2.67 bits per heavy atom. The number of hydrogen-bond donors (Lipinski definition) is 2. The molecule has 6 heteroatoms. The molecule has 2 rings (SSSR count). The van der Waals surface area contributed by atoms with Gasteiger partial charge in [-0.2, -0.15) is 0 Å². The second kappa shape index (κ2) is 9.81. The molecule has 0 bridgehead atoms. The van der Waals surface area contributed by atoms with E-state index in [2.05, 4.69) is 34.5 Å². The Balaban J connectivity index is 0.00000220. The first-order valence-electron chi connectivity index (χ1n) is 7.41. The summed E-state index contributed by atoms with van der Waals surface area (Å²) < 4.78 is 5.68. The number of hydrogen-bond acceptors (Lipinski definition) is 3. The number of halogens is 1. The van der Waals surface area contributed by atoms with Gasteiger partial charge in [0.15, 0.2) is 5.96 Å². The molecule has 1 aliphatic carbocycles. The topological polar surface area (TPSA) is 58.5 Å². The number of nitrogens with zero attached hydrogens (tertiary/aromatic N) is 2. The Morgan fingerprint density at radius 1 is 1.33 bits per heavy atom. The minimum Gasteiger partial charge on any atom is -0.477 e. The zero-order valence-electron chi connectivity index (χ0n) is 12.8. The first-order chi connectivity index (χ1) is 9.81. The standard InChI is InChI=1S/C15H24N4O.HI/c1-3-16-15(17-4-2)19-10-13-7-8-18-14(9-13)20-11-12-5-6-12;/h7-9,12H,3-6,10-11H2,1-2H3,(H2,16,17,19);1H. The molecule has 5 nitrogen and oxygen atoms in total. The number of ether oxygens (including phenoxy) is 1. The van der Waals surface area contributed by atoms with E-state index in [9.17, 15) is 0 Å². The highest BCUT2D eigenvalue weighted by molar-refractivity contribution is 14.0. The first-order valence-corrected chi connectivity index (χ1v) is 7.41. The third kappa shape index (κ3) is 6.97. The van der Waals surface area contributed by atoms with Gasteiger partial charge < -0.3 is 15.4 Å². The van der Waals surface area contributed by atoms with Crippen molar-refractivity contribution in [3.63, 3.8) is 0 Å². The molecule has 118 valence electrons. The number of aromatic nitrogens is 1. The van der Waals surface area contributed by atoms with Gasteiger partial charge in [0.1, 0.15) is 0 Å². The molecule has 1 fully saturated rings. The van der Waals surface area contributed by atoms with Crippen LogP contribution in [-0.4, -0.2) is 30.6 Å². The summed E-state index contributed by atoms with van der Waals surface area (Å²) in [6.07, 6.45) is 4.37. The lowest BCUT2D eigenvalue weighted by Gasteiger charge is -2.09. The average Bonchev–Trinajstić information content (AvgIpc) is 3.28. The molecule has 0 atom stereocenters. The summed E-state index contributed by atoms with van der Waals surface area (Å²) in [5.41, 5.74) is 1.11. The lowest BCUT2D eigenvalue weighted by molar-refractivity contribution is 0.288. The molecule has 2 N–H and O–H groups in total. The van der Waals surface area contributed by atoms with Crippen LogP contribution in [0.15, 0.2) is 23.3 Å². The highest BCUT2D eigenvalue weighted by atomic mass is 127. The maximum absolute atomic E-state index is 5.68. The van der Waals surface area contributed by atoms with E-state index in [-0.39, 0.29) is 24.0 Å². The Labute approximate surface area is 144 Å². The van der Waals surface area contributed by atoms with E-state index in [0.717, 1.165) is 37.1 Å². The minimum absolute atomic E-state index is 0. The van der Waals surface area contributed by atoms with Gasteiger partial charge in [-0.05, 0) is 44.2 Å². The second-order valence-electron chi connectivity index (χ2n) is 4.98. The third-order valence-corrected chi connectivity index (χ3v) is 3.07. The van der Waals surface area contributed by atoms with Crippen LogP contribution in [0.5, 0.6) is 5.88 Å². The van der Waals surface area contributed by atoms with E-state index in [0.29, 0.717) is 12.4 Å². The summed E-state index contributed by atoms with van der Waals surface area (Å²) in [5.74, 6) is 2.29. The van der Waals surface area contributed by atoms with Crippen molar-refractivity contribution in [2.75, 3.05) is 19.7 Å². The molecule has 0 aromatic carbocycles. The minimum atomic E-state index is 0. The van der Waals surface area contributed by atoms with Crippen LogP contribution in [-0.2, 0) is 6.54 Å². The smallest absolute Gasteiger partial charge is 0.213 e. The molecule has 0 amide bonds. The van der Waals surface area contributed by atoms with Crippen molar-refractivity contribution < 1.29 is 4.74 Å². The van der Waals surface area contributed by atoms with Crippen LogP contribution in [0.4, 0.5) is 0 Å². The molecule has 1 heterocycles. The van der Waals surface area contributed by atoms with E-state index in [1.165, 1.54) is 12.8 Å². The van der Waals surface area contributed by atoms with Gasteiger partial charge in [0.2, 0.25) is 5.88 Å². The van der Waals surface area contributed by atoms with Crippen LogP contribution < -0.4 is 15.4 Å². The number of aliphatic imine (C=N–C) groups is 1. The van der Waals surface area contributed by atoms with Gasteiger partial charge in [-0.15, -0.1) is 24.0 Å². The highest BCUT2D eigenvalue weighted by Crippen LogP contribution is 2.29. The molecule has 0 radical (unpaired) electrons. The van der Waals surface area contributed by atoms with Crippen molar-refractivity contribution in [1.82, 2.24) is 15.6 Å². The van der Waals surface area contributed by atoms with E-state index >= 15 is 0 Å². The fourth-order valence-corrected chi connectivity index (χ4v) is 1.80. The Hall–Kier alpha value is -1.05. The summed E-state index contributed by atoms with van der Waals surface area (Å²) in [5, 5.41) is 6.42. The Kier molecular flexibility index (Phi) is 8.41. The van der Waals surface area contributed by atoms with Gasteiger partial charge in [0.05, 0.1) is 13.2 Å². The monoisotopic (exact) mass is 404 g/mol. The predicted octanol–water partition coefficient (Wildman–Crippen LogP) is 2.56. The van der Waals surface area contributed by atoms with Crippen molar-refractivity contribution in [2.45, 2.75) is 33.2 Å². The Morgan fingerprint density at radius 2 is 2.05 bits per heavy atom. The fourth-order valence-electron chi connectivity index (χ4n) is 1.80. The SMILES string of the molecule is CCNC(=NCc1ccnc(OCC2CC2)c1)NCC.I. The van der Waals surface area contributed by atoms with E-state index in [1.54, 1.807) is 6.20 Å². The fraction of sp³-hybridized carbons (Fsp3) is 0.600. The Bertz CT molecular complexity index is 441. The van der Waals surface area contributed by atoms with Crippen LogP contribution in [0.2, 0.25) is 0 Å². The van der Waals surface area contributed by atoms with E-state index < -0.39 is 0 Å². The molecule has 1 saturated carbocycles. The summed E-state index contributed by atoms with van der Waals surface area (Å²) in [6, 6.07) is 3.95. The van der Waals surface area contributed by atoms with Gasteiger partial charge in [-0.1, -0.05) is 0 Å². The van der Waals surface area contributed by atoms with E-state index in [1.807, 2.05) is 12.1 Å². The average molecular weight is 404 g/mol. The molecule has 0 spiro atoms. The van der Waals surface area contributed by atoms with Gasteiger partial charge in [-0.25, -0.2) is 9.98 Å².